The zero-order valence-corrected chi connectivity index (χ0v) is 17.5. The van der Waals surface area contributed by atoms with Gasteiger partial charge in [-0.15, -0.1) is 0 Å². The third-order valence-electron chi connectivity index (χ3n) is 6.27. The van der Waals surface area contributed by atoms with Crippen LogP contribution in [0.2, 0.25) is 0 Å². The van der Waals surface area contributed by atoms with E-state index in [1.165, 1.54) is 29.5 Å². The fourth-order valence-corrected chi connectivity index (χ4v) is 6.09. The molecule has 2 unspecified atom stereocenters. The molecule has 4 rings (SSSR count). The van der Waals surface area contributed by atoms with Gasteiger partial charge < -0.3 is 0 Å². The second kappa shape index (κ2) is 8.38. The monoisotopic (exact) mass is 397 g/mol. The summed E-state index contributed by atoms with van der Waals surface area (Å²) in [6.45, 7) is 2.67. The third-order valence-corrected chi connectivity index (χ3v) is 7.76. The van der Waals surface area contributed by atoms with Crippen LogP contribution in [0.5, 0.6) is 0 Å². The van der Waals surface area contributed by atoms with Crippen LogP contribution in [0.15, 0.2) is 48.5 Å². The molecule has 28 heavy (non-hydrogen) atoms. The molecule has 0 amide bonds. The fraction of sp³-hybridized carbons (Fsp3) is 0.500. The molecule has 1 saturated carbocycles. The number of fused-ring (bicyclic) bond motifs is 1. The molecule has 0 spiro atoms. The van der Waals surface area contributed by atoms with Gasteiger partial charge in [0.2, 0.25) is 10.0 Å². The summed E-state index contributed by atoms with van der Waals surface area (Å²) >= 11 is 0. The van der Waals surface area contributed by atoms with Crippen molar-refractivity contribution in [3.05, 3.63) is 70.8 Å². The molecule has 0 saturated heterocycles. The maximum Gasteiger partial charge on any atom is 0.212 e. The zero-order chi connectivity index (χ0) is 19.6. The van der Waals surface area contributed by atoms with Gasteiger partial charge in [-0.3, -0.25) is 0 Å². The number of hydrogen-bond donors (Lipinski definition) is 1. The van der Waals surface area contributed by atoms with E-state index in [0.717, 1.165) is 31.2 Å². The van der Waals surface area contributed by atoms with Crippen molar-refractivity contribution < 1.29 is 8.42 Å². The summed E-state index contributed by atoms with van der Waals surface area (Å²) in [5.41, 5.74) is 5.34. The molecule has 0 bridgehead atoms. The largest absolute Gasteiger partial charge is 0.212 e. The molecule has 2 aromatic carbocycles. The molecule has 1 fully saturated rings. The Morgan fingerprint density at radius 1 is 1.04 bits per heavy atom. The minimum absolute atomic E-state index is 0.285. The first-order valence-corrected chi connectivity index (χ1v) is 12.3. The Kier molecular flexibility index (Phi) is 5.88. The minimum Gasteiger partial charge on any atom is -0.212 e. The van der Waals surface area contributed by atoms with Gasteiger partial charge in [0, 0.05) is 6.54 Å². The molecule has 0 radical (unpaired) electrons. The number of hydrogen-bond acceptors (Lipinski definition) is 2. The lowest BCUT2D eigenvalue weighted by molar-refractivity contribution is 0.418. The van der Waals surface area contributed by atoms with Gasteiger partial charge in [-0.2, -0.15) is 0 Å². The lowest BCUT2D eigenvalue weighted by atomic mass is 9.84. The van der Waals surface area contributed by atoms with E-state index in [-0.39, 0.29) is 5.75 Å². The lowest BCUT2D eigenvalue weighted by Gasteiger charge is -2.20. The molecule has 3 nitrogen and oxygen atoms in total. The predicted octanol–water partition coefficient (Wildman–Crippen LogP) is 4.81. The molecule has 1 N–H and O–H groups in total. The maximum atomic E-state index is 12.2. The smallest absolute Gasteiger partial charge is 0.212 e. The molecule has 2 atom stereocenters. The molecule has 2 aliphatic rings. The molecule has 0 heterocycles. The lowest BCUT2D eigenvalue weighted by Crippen LogP contribution is -2.26. The molecule has 2 aromatic rings. The quantitative estimate of drug-likeness (QED) is 0.660. The summed E-state index contributed by atoms with van der Waals surface area (Å²) in [6.07, 6.45) is 6.77. The standard InChI is InChI=1S/C24H31NO2S/c1-2-6-21-15-22-12-11-20(16-25-28(26,27)17-19-9-10-19)14-24(22)23(21)13-18-7-4-3-5-8-18/h3-5,7-8,11-12,14,19,21,23,25H,2,6,9-10,13,15-17H2,1H3. The summed E-state index contributed by atoms with van der Waals surface area (Å²) in [5, 5.41) is 0. The SMILES string of the molecule is CCCC1Cc2ccc(CNS(=O)(=O)CC3CC3)cc2C1Cc1ccccc1. The van der Waals surface area contributed by atoms with Gasteiger partial charge in [-0.1, -0.05) is 61.9 Å². The fourth-order valence-electron chi connectivity index (χ4n) is 4.63. The molecular weight excluding hydrogens is 366 g/mol. The van der Waals surface area contributed by atoms with Crippen LogP contribution in [0.4, 0.5) is 0 Å². The normalized spacial score (nSPS) is 21.6. The Morgan fingerprint density at radius 3 is 2.54 bits per heavy atom. The van der Waals surface area contributed by atoms with Gasteiger partial charge in [-0.25, -0.2) is 13.1 Å². The van der Waals surface area contributed by atoms with E-state index >= 15 is 0 Å². The van der Waals surface area contributed by atoms with Gasteiger partial charge in [-0.05, 0) is 72.1 Å². The van der Waals surface area contributed by atoms with Gasteiger partial charge in [0.1, 0.15) is 0 Å². The molecular formula is C24H31NO2S. The number of benzene rings is 2. The van der Waals surface area contributed by atoms with Crippen LogP contribution in [0.25, 0.3) is 0 Å². The first kappa shape index (κ1) is 19.7. The molecule has 2 aliphatic carbocycles. The van der Waals surface area contributed by atoms with Gasteiger partial charge in [0.15, 0.2) is 0 Å². The Hall–Kier alpha value is -1.65. The van der Waals surface area contributed by atoms with E-state index in [4.69, 9.17) is 0 Å². The summed E-state index contributed by atoms with van der Waals surface area (Å²) in [5.74, 6) is 1.87. The summed E-state index contributed by atoms with van der Waals surface area (Å²) < 4.78 is 27.3. The van der Waals surface area contributed by atoms with E-state index < -0.39 is 10.0 Å². The van der Waals surface area contributed by atoms with Crippen LogP contribution in [0.1, 0.15) is 60.8 Å². The Balaban J connectivity index is 1.51. The van der Waals surface area contributed by atoms with E-state index in [9.17, 15) is 8.42 Å². The first-order valence-electron chi connectivity index (χ1n) is 10.7. The highest BCUT2D eigenvalue weighted by Crippen LogP contribution is 2.42. The maximum absolute atomic E-state index is 12.2. The van der Waals surface area contributed by atoms with Crippen molar-refractivity contribution in [3.63, 3.8) is 0 Å². The van der Waals surface area contributed by atoms with Crippen LogP contribution in [0, 0.1) is 11.8 Å². The van der Waals surface area contributed by atoms with Crippen LogP contribution in [-0.4, -0.2) is 14.2 Å². The van der Waals surface area contributed by atoms with Crippen LogP contribution in [0.3, 0.4) is 0 Å². The predicted molar refractivity (Wildman–Crippen MR) is 115 cm³/mol. The van der Waals surface area contributed by atoms with E-state index in [1.807, 2.05) is 0 Å². The van der Waals surface area contributed by atoms with Crippen LogP contribution in [-0.2, 0) is 29.4 Å². The van der Waals surface area contributed by atoms with E-state index in [0.29, 0.717) is 24.3 Å². The molecule has 4 heteroatoms. The highest BCUT2D eigenvalue weighted by atomic mass is 32.2. The average Bonchev–Trinajstić information content (AvgIpc) is 3.43. The van der Waals surface area contributed by atoms with Crippen LogP contribution < -0.4 is 4.72 Å². The number of nitrogens with one attached hydrogen (secondary N) is 1. The van der Waals surface area contributed by atoms with Crippen molar-refractivity contribution >= 4 is 10.0 Å². The molecule has 0 aromatic heterocycles. The van der Waals surface area contributed by atoms with Crippen molar-refractivity contribution in [1.82, 2.24) is 4.72 Å². The van der Waals surface area contributed by atoms with Gasteiger partial charge in [0.05, 0.1) is 5.75 Å². The van der Waals surface area contributed by atoms with Crippen molar-refractivity contribution in [3.8, 4) is 0 Å². The molecule has 150 valence electrons. The topological polar surface area (TPSA) is 46.2 Å². The van der Waals surface area contributed by atoms with Gasteiger partial charge >= 0.3 is 0 Å². The van der Waals surface area contributed by atoms with Crippen molar-refractivity contribution in [2.75, 3.05) is 5.75 Å². The highest BCUT2D eigenvalue weighted by Gasteiger charge is 2.32. The highest BCUT2D eigenvalue weighted by molar-refractivity contribution is 7.89. The van der Waals surface area contributed by atoms with Crippen molar-refractivity contribution in [2.24, 2.45) is 11.8 Å². The Bertz CT molecular complexity index is 903. The van der Waals surface area contributed by atoms with E-state index in [1.54, 1.807) is 0 Å². The zero-order valence-electron chi connectivity index (χ0n) is 16.7. The third kappa shape index (κ3) is 4.84. The average molecular weight is 398 g/mol. The first-order chi connectivity index (χ1) is 13.5. The number of rotatable bonds is 9. The van der Waals surface area contributed by atoms with E-state index in [2.05, 4.69) is 60.2 Å². The second-order valence-corrected chi connectivity index (χ2v) is 10.5. The van der Waals surface area contributed by atoms with Crippen molar-refractivity contribution in [2.45, 2.75) is 57.9 Å². The van der Waals surface area contributed by atoms with Crippen LogP contribution >= 0.6 is 0 Å². The summed E-state index contributed by atoms with van der Waals surface area (Å²) in [6, 6.07) is 17.3. The number of sulfonamides is 1. The summed E-state index contributed by atoms with van der Waals surface area (Å²) in [4.78, 5) is 0. The van der Waals surface area contributed by atoms with Crippen molar-refractivity contribution in [1.29, 1.82) is 0 Å². The summed E-state index contributed by atoms with van der Waals surface area (Å²) in [7, 11) is -3.16. The Labute approximate surface area is 169 Å². The van der Waals surface area contributed by atoms with Gasteiger partial charge in [0.25, 0.3) is 0 Å². The molecule has 0 aliphatic heterocycles. The second-order valence-electron chi connectivity index (χ2n) is 8.63. The Morgan fingerprint density at radius 2 is 1.82 bits per heavy atom. The minimum atomic E-state index is -3.16.